The lowest BCUT2D eigenvalue weighted by atomic mass is 9.69. The van der Waals surface area contributed by atoms with Gasteiger partial charge in [-0.05, 0) is 109 Å². The highest BCUT2D eigenvalue weighted by Crippen LogP contribution is 2.66. The van der Waals surface area contributed by atoms with E-state index in [0.29, 0.717) is 65.1 Å². The van der Waals surface area contributed by atoms with Gasteiger partial charge >= 0.3 is 5.97 Å². The normalized spacial score (nSPS) is 22.2. The Morgan fingerprint density at radius 3 is 1.91 bits per heavy atom. The predicted octanol–water partition coefficient (Wildman–Crippen LogP) is 8.80. The zero-order chi connectivity index (χ0) is 40.9. The first-order valence-corrected chi connectivity index (χ1v) is 21.8. The van der Waals surface area contributed by atoms with Crippen molar-refractivity contribution in [1.29, 1.82) is 0 Å². The van der Waals surface area contributed by atoms with Crippen LogP contribution in [-0.4, -0.2) is 70.5 Å². The highest BCUT2D eigenvalue weighted by atomic mass is 35.5. The van der Waals surface area contributed by atoms with E-state index in [1.165, 1.54) is 13.8 Å². The average Bonchev–Trinajstić information content (AvgIpc) is 3.38. The van der Waals surface area contributed by atoms with Gasteiger partial charge in [0.15, 0.2) is 11.1 Å². The molecule has 1 spiro atoms. The molecule has 3 aromatic rings. The van der Waals surface area contributed by atoms with E-state index in [2.05, 4.69) is 36.6 Å². The molecule has 0 fully saturated rings. The number of halogens is 2. The van der Waals surface area contributed by atoms with Crippen LogP contribution in [0.5, 0.6) is 11.5 Å². The highest BCUT2D eigenvalue weighted by molar-refractivity contribution is 7.86. The van der Waals surface area contributed by atoms with Crippen LogP contribution in [0.25, 0.3) is 11.1 Å². The van der Waals surface area contributed by atoms with Gasteiger partial charge in [0.05, 0.1) is 33.0 Å². The van der Waals surface area contributed by atoms with Crippen LogP contribution >= 0.6 is 23.2 Å². The average molecular weight is 835 g/mol. The number of benzene rings is 3. The Hall–Kier alpha value is -4.07. The number of aliphatic carboxylic acids is 1. The third kappa shape index (κ3) is 5.26. The highest BCUT2D eigenvalue weighted by Gasteiger charge is 2.63. The SMILES string of the molecule is CCC1=CC(C)(C)N2CCCc3c4c(cc1c32)C1(c2cc3c5c(c2O4)CCCN5C(C)(C)C=C3CS(=O)(=O)O)c2c(Cl)ccc(Cl)c2C(=O)N1OC(C)(C)C(=O)O. The number of carbonyl (C=O) groups excluding carboxylic acids is 1. The number of amides is 1. The zero-order valence-electron chi connectivity index (χ0n) is 33.0. The predicted molar refractivity (Wildman–Crippen MR) is 220 cm³/mol. The largest absolute Gasteiger partial charge is 0.479 e. The minimum atomic E-state index is -4.51. The first kappa shape index (κ1) is 38.4. The molecule has 0 bridgehead atoms. The lowest BCUT2D eigenvalue weighted by molar-refractivity contribution is -0.237. The van der Waals surface area contributed by atoms with Crippen molar-refractivity contribution in [2.75, 3.05) is 28.6 Å². The topological polar surface area (TPSA) is 137 Å². The minimum absolute atomic E-state index is 0.0624. The lowest BCUT2D eigenvalue weighted by Crippen LogP contribution is -2.54. The van der Waals surface area contributed by atoms with Crippen molar-refractivity contribution in [3.63, 3.8) is 0 Å². The van der Waals surface area contributed by atoms with E-state index in [1.807, 2.05) is 32.1 Å². The summed E-state index contributed by atoms with van der Waals surface area (Å²) in [5, 5.41) is 11.9. The number of carbonyl (C=O) groups is 2. The molecule has 0 aliphatic carbocycles. The van der Waals surface area contributed by atoms with Gasteiger partial charge in [-0.25, -0.2) is 4.79 Å². The number of carboxylic acid groups (broad SMARTS) is 1. The first-order valence-electron chi connectivity index (χ1n) is 19.4. The smallest absolute Gasteiger partial charge is 0.338 e. The molecule has 6 aliphatic rings. The fourth-order valence-electron chi connectivity index (χ4n) is 10.3. The molecule has 2 N–H and O–H groups in total. The zero-order valence-corrected chi connectivity index (χ0v) is 35.3. The summed E-state index contributed by atoms with van der Waals surface area (Å²) >= 11 is 14.3. The third-order valence-electron chi connectivity index (χ3n) is 12.7. The number of hydrogen-bond donors (Lipinski definition) is 2. The maximum atomic E-state index is 15.2. The fraction of sp³-hybridized carbons (Fsp3) is 0.442. The van der Waals surface area contributed by atoms with Crippen LogP contribution in [0.3, 0.4) is 0 Å². The van der Waals surface area contributed by atoms with Crippen molar-refractivity contribution >= 4 is 67.7 Å². The molecule has 9 rings (SSSR count). The molecule has 11 nitrogen and oxygen atoms in total. The summed E-state index contributed by atoms with van der Waals surface area (Å²) in [5.74, 6) is -1.65. The van der Waals surface area contributed by atoms with Gasteiger partial charge in [-0.15, -0.1) is 0 Å². The quantitative estimate of drug-likeness (QED) is 0.232. The number of allylic oxidation sites excluding steroid dienone is 1. The number of fused-ring (bicyclic) bond motifs is 8. The molecule has 14 heteroatoms. The van der Waals surface area contributed by atoms with E-state index < -0.39 is 44.4 Å². The molecule has 57 heavy (non-hydrogen) atoms. The van der Waals surface area contributed by atoms with Gasteiger partial charge < -0.3 is 19.6 Å². The van der Waals surface area contributed by atoms with Crippen molar-refractivity contribution in [3.05, 3.63) is 91.0 Å². The first-order chi connectivity index (χ1) is 26.6. The monoisotopic (exact) mass is 833 g/mol. The number of rotatable bonds is 6. The fourth-order valence-corrected chi connectivity index (χ4v) is 11.5. The van der Waals surface area contributed by atoms with Crippen molar-refractivity contribution in [1.82, 2.24) is 5.06 Å². The summed E-state index contributed by atoms with van der Waals surface area (Å²) in [6.07, 6.45) is 7.67. The molecule has 0 radical (unpaired) electrons. The Kier molecular flexibility index (Phi) is 8.25. The summed E-state index contributed by atoms with van der Waals surface area (Å²) < 4.78 is 43.0. The molecule has 0 aromatic heterocycles. The van der Waals surface area contributed by atoms with Crippen LogP contribution in [-0.2, 0) is 38.1 Å². The van der Waals surface area contributed by atoms with Gasteiger partial charge in [-0.2, -0.15) is 13.5 Å². The summed E-state index contributed by atoms with van der Waals surface area (Å²) in [6.45, 7) is 14.8. The van der Waals surface area contributed by atoms with Gasteiger partial charge in [-0.1, -0.05) is 42.3 Å². The maximum absolute atomic E-state index is 15.2. The van der Waals surface area contributed by atoms with Crippen LogP contribution < -0.4 is 14.5 Å². The number of ether oxygens (including phenoxy) is 1. The van der Waals surface area contributed by atoms with E-state index >= 15 is 4.79 Å². The summed E-state index contributed by atoms with van der Waals surface area (Å²) in [7, 11) is -4.51. The molecule has 1 unspecified atom stereocenters. The molecular formula is C43H45Cl2N3O8S. The molecule has 6 aliphatic heterocycles. The number of hydroxylamine groups is 2. The van der Waals surface area contributed by atoms with E-state index in [0.717, 1.165) is 58.1 Å². The molecule has 0 saturated heterocycles. The number of anilines is 2. The molecule has 300 valence electrons. The molecule has 1 atom stereocenters. The van der Waals surface area contributed by atoms with E-state index in [-0.39, 0.29) is 21.1 Å². The Bertz CT molecular complexity index is 2560. The second-order valence-corrected chi connectivity index (χ2v) is 19.9. The van der Waals surface area contributed by atoms with E-state index in [4.69, 9.17) is 32.8 Å². The van der Waals surface area contributed by atoms with Gasteiger partial charge in [-0.3, -0.25) is 14.2 Å². The van der Waals surface area contributed by atoms with Gasteiger partial charge in [0.1, 0.15) is 17.3 Å². The van der Waals surface area contributed by atoms with Gasteiger partial charge in [0.25, 0.3) is 16.0 Å². The summed E-state index contributed by atoms with van der Waals surface area (Å²) in [6, 6.07) is 7.03. The third-order valence-corrected chi connectivity index (χ3v) is 14.0. The Balaban J connectivity index is 1.49. The summed E-state index contributed by atoms with van der Waals surface area (Å²) in [4.78, 5) is 39.3. The van der Waals surface area contributed by atoms with Crippen molar-refractivity contribution in [2.45, 2.75) is 103 Å². The number of nitrogens with zero attached hydrogens (tertiary/aromatic N) is 3. The lowest BCUT2D eigenvalue weighted by Gasteiger charge is -2.52. The second kappa shape index (κ2) is 12.2. The van der Waals surface area contributed by atoms with Gasteiger partial charge in [0.2, 0.25) is 0 Å². The van der Waals surface area contributed by atoms with E-state index in [1.54, 1.807) is 12.1 Å². The van der Waals surface area contributed by atoms with Crippen molar-refractivity contribution in [2.24, 2.45) is 0 Å². The number of hydrogen-bond acceptors (Lipinski definition) is 8. The van der Waals surface area contributed by atoms with Gasteiger partial charge in [0, 0.05) is 57.1 Å². The number of carboxylic acids is 1. The molecule has 3 aromatic carbocycles. The minimum Gasteiger partial charge on any atom is -0.479 e. The molecular weight excluding hydrogens is 789 g/mol. The van der Waals surface area contributed by atoms with Crippen molar-refractivity contribution < 1.29 is 37.2 Å². The molecule has 0 saturated carbocycles. The maximum Gasteiger partial charge on any atom is 0.338 e. The standard InChI is InChI=1S/C43H45Cl2N3O8S/c1-8-22-19-40(2,3)46-15-9-11-24-34(46)26(22)17-28-36(24)55-37-25-12-10-16-47-35(25)27(23(20-41(47,4)5)21-57(52,53)54)18-29(37)43(28)33-31(45)14-13-30(44)32(33)38(49)48(43)56-42(6,7)39(50)51/h13-14,17-20H,8-12,15-16,21H2,1-7H3,(H,50,51)(H,52,53,54). The van der Waals surface area contributed by atoms with Crippen LogP contribution in [0.15, 0.2) is 36.4 Å². The van der Waals surface area contributed by atoms with Crippen LogP contribution in [0, 0.1) is 0 Å². The Morgan fingerprint density at radius 1 is 0.895 bits per heavy atom. The molecule has 6 heterocycles. The summed E-state index contributed by atoms with van der Waals surface area (Å²) in [5.41, 5.74) is 3.29. The Morgan fingerprint density at radius 2 is 1.40 bits per heavy atom. The van der Waals surface area contributed by atoms with Crippen molar-refractivity contribution in [3.8, 4) is 11.5 Å². The Labute approximate surface area is 342 Å². The molecule has 1 amide bonds. The van der Waals surface area contributed by atoms with E-state index in [9.17, 15) is 22.9 Å². The second-order valence-electron chi connectivity index (χ2n) is 17.6. The van der Waals surface area contributed by atoms with Crippen LogP contribution in [0.4, 0.5) is 11.4 Å². The van der Waals surface area contributed by atoms with Crippen LogP contribution in [0.1, 0.15) is 117 Å². The van der Waals surface area contributed by atoms with Crippen LogP contribution in [0.2, 0.25) is 10.0 Å².